The van der Waals surface area contributed by atoms with Crippen LogP contribution in [0.4, 0.5) is 5.69 Å². The highest BCUT2D eigenvalue weighted by molar-refractivity contribution is 6.04. The second-order valence-electron chi connectivity index (χ2n) is 6.78. The summed E-state index contributed by atoms with van der Waals surface area (Å²) >= 11 is 0. The van der Waals surface area contributed by atoms with Gasteiger partial charge in [0.25, 0.3) is 5.91 Å². The number of amides is 1. The number of hydrogen-bond donors (Lipinski definition) is 1. The minimum absolute atomic E-state index is 0.147. The van der Waals surface area contributed by atoms with Crippen LogP contribution in [0.2, 0.25) is 0 Å². The van der Waals surface area contributed by atoms with E-state index >= 15 is 0 Å². The fourth-order valence-electron chi connectivity index (χ4n) is 2.83. The number of anilines is 1. The number of tetrazole rings is 1. The Labute approximate surface area is 158 Å². The van der Waals surface area contributed by atoms with Gasteiger partial charge in [0.2, 0.25) is 0 Å². The van der Waals surface area contributed by atoms with Crippen LogP contribution in [0, 0.1) is 13.8 Å². The van der Waals surface area contributed by atoms with E-state index in [-0.39, 0.29) is 18.6 Å². The van der Waals surface area contributed by atoms with Crippen molar-refractivity contribution >= 4 is 11.6 Å². The molecule has 0 saturated carbocycles. The lowest BCUT2D eigenvalue weighted by molar-refractivity contribution is 0.102. The molecule has 1 N–H and O–H groups in total. The van der Waals surface area contributed by atoms with Gasteiger partial charge < -0.3 is 10.1 Å². The van der Waals surface area contributed by atoms with Crippen LogP contribution < -0.4 is 10.1 Å². The molecule has 7 heteroatoms. The van der Waals surface area contributed by atoms with Crippen LogP contribution in [0.25, 0.3) is 0 Å². The van der Waals surface area contributed by atoms with Crippen LogP contribution in [0.15, 0.2) is 42.5 Å². The van der Waals surface area contributed by atoms with Crippen LogP contribution in [0.1, 0.15) is 47.2 Å². The molecule has 1 amide bonds. The van der Waals surface area contributed by atoms with Gasteiger partial charge in [-0.25, -0.2) is 4.68 Å². The zero-order valence-electron chi connectivity index (χ0n) is 15.9. The molecule has 0 aliphatic rings. The van der Waals surface area contributed by atoms with E-state index in [2.05, 4.69) is 26.9 Å². The molecular weight excluding hydrogens is 342 g/mol. The van der Waals surface area contributed by atoms with Gasteiger partial charge in [-0.05, 0) is 79.6 Å². The summed E-state index contributed by atoms with van der Waals surface area (Å²) in [5.41, 5.74) is 3.51. The van der Waals surface area contributed by atoms with E-state index in [0.717, 1.165) is 16.8 Å². The van der Waals surface area contributed by atoms with Crippen molar-refractivity contribution < 1.29 is 9.53 Å². The Morgan fingerprint density at radius 3 is 2.59 bits per heavy atom. The quantitative estimate of drug-likeness (QED) is 0.720. The molecule has 0 saturated heterocycles. The number of carbonyl (C=O) groups excluding carboxylic acids is 1. The zero-order valence-corrected chi connectivity index (χ0v) is 15.9. The topological polar surface area (TPSA) is 81.9 Å². The molecule has 3 aromatic rings. The fourth-order valence-corrected chi connectivity index (χ4v) is 2.83. The van der Waals surface area contributed by atoms with Gasteiger partial charge in [0.1, 0.15) is 12.4 Å². The first kappa shape index (κ1) is 18.6. The predicted molar refractivity (Wildman–Crippen MR) is 103 cm³/mol. The SMILES string of the molecule is Cc1cc(C)cc(NC(=O)c2cccc(OCc3nnnn3C(C)C)c2)c1. The van der Waals surface area contributed by atoms with E-state index in [4.69, 9.17) is 4.74 Å². The standard InChI is InChI=1S/C20H23N5O2/c1-13(2)25-19(22-23-24-25)12-27-18-7-5-6-16(11-18)20(26)21-17-9-14(3)8-15(4)10-17/h5-11,13H,12H2,1-4H3,(H,21,26). The maximum absolute atomic E-state index is 12.6. The molecular formula is C20H23N5O2. The summed E-state index contributed by atoms with van der Waals surface area (Å²) in [6.07, 6.45) is 0. The Kier molecular flexibility index (Phi) is 5.49. The van der Waals surface area contributed by atoms with Gasteiger partial charge in [-0.3, -0.25) is 4.79 Å². The molecule has 0 atom stereocenters. The Morgan fingerprint density at radius 1 is 1.15 bits per heavy atom. The number of carbonyl (C=O) groups is 1. The van der Waals surface area contributed by atoms with Gasteiger partial charge in [0.15, 0.2) is 5.82 Å². The van der Waals surface area contributed by atoms with E-state index in [0.29, 0.717) is 17.1 Å². The Morgan fingerprint density at radius 2 is 1.89 bits per heavy atom. The summed E-state index contributed by atoms with van der Waals surface area (Å²) in [6, 6.07) is 13.1. The first-order valence-corrected chi connectivity index (χ1v) is 8.81. The van der Waals surface area contributed by atoms with Gasteiger partial charge >= 0.3 is 0 Å². The second-order valence-corrected chi connectivity index (χ2v) is 6.78. The maximum Gasteiger partial charge on any atom is 0.255 e. The van der Waals surface area contributed by atoms with Crippen molar-refractivity contribution in [1.82, 2.24) is 20.2 Å². The monoisotopic (exact) mass is 365 g/mol. The highest BCUT2D eigenvalue weighted by Crippen LogP contribution is 2.18. The first-order chi connectivity index (χ1) is 12.9. The second kappa shape index (κ2) is 7.99. The summed E-state index contributed by atoms with van der Waals surface area (Å²) < 4.78 is 7.48. The number of ether oxygens (including phenoxy) is 1. The number of benzene rings is 2. The molecule has 1 aromatic heterocycles. The van der Waals surface area contributed by atoms with Crippen LogP contribution in [0.3, 0.4) is 0 Å². The molecule has 3 rings (SSSR count). The zero-order chi connectivity index (χ0) is 19.4. The summed E-state index contributed by atoms with van der Waals surface area (Å²) in [6.45, 7) is 8.23. The fraction of sp³-hybridized carbons (Fsp3) is 0.300. The van der Waals surface area contributed by atoms with Crippen molar-refractivity contribution in [2.24, 2.45) is 0 Å². The van der Waals surface area contributed by atoms with Crippen LogP contribution >= 0.6 is 0 Å². The molecule has 7 nitrogen and oxygen atoms in total. The van der Waals surface area contributed by atoms with Crippen LogP contribution in [0.5, 0.6) is 5.75 Å². The third kappa shape index (κ3) is 4.69. The Hall–Kier alpha value is -3.22. The molecule has 0 radical (unpaired) electrons. The molecule has 0 fully saturated rings. The average molecular weight is 365 g/mol. The molecule has 140 valence electrons. The predicted octanol–water partition coefficient (Wildman–Crippen LogP) is 3.70. The van der Waals surface area contributed by atoms with Gasteiger partial charge in [-0.1, -0.05) is 12.1 Å². The number of aryl methyl sites for hydroxylation is 2. The van der Waals surface area contributed by atoms with Gasteiger partial charge in [-0.15, -0.1) is 5.10 Å². The lowest BCUT2D eigenvalue weighted by Crippen LogP contribution is -2.13. The lowest BCUT2D eigenvalue weighted by Gasteiger charge is -2.11. The highest BCUT2D eigenvalue weighted by Gasteiger charge is 2.11. The van der Waals surface area contributed by atoms with Crippen molar-refractivity contribution in [2.75, 3.05) is 5.32 Å². The van der Waals surface area contributed by atoms with Crippen LogP contribution in [-0.2, 0) is 6.61 Å². The van der Waals surface area contributed by atoms with Crippen molar-refractivity contribution in [3.63, 3.8) is 0 Å². The van der Waals surface area contributed by atoms with E-state index in [9.17, 15) is 4.79 Å². The maximum atomic E-state index is 12.6. The minimum atomic E-state index is -0.183. The number of rotatable bonds is 6. The number of nitrogens with zero attached hydrogens (tertiary/aromatic N) is 4. The molecule has 0 unspecified atom stereocenters. The van der Waals surface area contributed by atoms with E-state index < -0.39 is 0 Å². The number of nitrogens with one attached hydrogen (secondary N) is 1. The summed E-state index contributed by atoms with van der Waals surface area (Å²) in [7, 11) is 0. The normalized spacial score (nSPS) is 10.9. The summed E-state index contributed by atoms with van der Waals surface area (Å²) in [5.74, 6) is 1.04. The van der Waals surface area contributed by atoms with E-state index in [1.54, 1.807) is 28.9 Å². The molecule has 1 heterocycles. The molecule has 0 aliphatic carbocycles. The Bertz CT molecular complexity index is 929. The molecule has 27 heavy (non-hydrogen) atoms. The van der Waals surface area contributed by atoms with Gasteiger partial charge in [-0.2, -0.15) is 0 Å². The van der Waals surface area contributed by atoms with E-state index in [1.807, 2.05) is 39.8 Å². The molecule has 0 spiro atoms. The number of hydrogen-bond acceptors (Lipinski definition) is 5. The van der Waals surface area contributed by atoms with Crippen molar-refractivity contribution in [3.8, 4) is 5.75 Å². The van der Waals surface area contributed by atoms with E-state index in [1.165, 1.54) is 0 Å². The molecule has 0 bridgehead atoms. The van der Waals surface area contributed by atoms with Crippen LogP contribution in [-0.4, -0.2) is 26.1 Å². The highest BCUT2D eigenvalue weighted by atomic mass is 16.5. The van der Waals surface area contributed by atoms with Crippen molar-refractivity contribution in [2.45, 2.75) is 40.3 Å². The Balaban J connectivity index is 1.69. The smallest absolute Gasteiger partial charge is 0.255 e. The van der Waals surface area contributed by atoms with Crippen molar-refractivity contribution in [1.29, 1.82) is 0 Å². The van der Waals surface area contributed by atoms with Crippen molar-refractivity contribution in [3.05, 3.63) is 65.0 Å². The largest absolute Gasteiger partial charge is 0.486 e. The minimum Gasteiger partial charge on any atom is -0.486 e. The molecule has 0 aliphatic heterocycles. The lowest BCUT2D eigenvalue weighted by atomic mass is 10.1. The first-order valence-electron chi connectivity index (χ1n) is 8.81. The summed E-state index contributed by atoms with van der Waals surface area (Å²) in [5, 5.41) is 14.5. The van der Waals surface area contributed by atoms with Gasteiger partial charge in [0.05, 0.1) is 6.04 Å². The summed E-state index contributed by atoms with van der Waals surface area (Å²) in [4.78, 5) is 12.6. The third-order valence-corrected chi connectivity index (χ3v) is 3.99. The third-order valence-electron chi connectivity index (χ3n) is 3.99. The average Bonchev–Trinajstić information content (AvgIpc) is 3.08. The number of aromatic nitrogens is 4. The molecule has 2 aromatic carbocycles. The van der Waals surface area contributed by atoms with Gasteiger partial charge in [0, 0.05) is 11.3 Å².